The van der Waals surface area contributed by atoms with Gasteiger partial charge in [0, 0.05) is 37.0 Å². The van der Waals surface area contributed by atoms with Crippen molar-refractivity contribution < 1.29 is 21.6 Å². The van der Waals surface area contributed by atoms with Gasteiger partial charge >= 0.3 is 6.18 Å². The molecule has 2 aliphatic rings. The van der Waals surface area contributed by atoms with Gasteiger partial charge in [-0.3, -0.25) is 0 Å². The van der Waals surface area contributed by atoms with Crippen LogP contribution in [0.25, 0.3) is 10.2 Å². The molecule has 1 aromatic carbocycles. The lowest BCUT2D eigenvalue weighted by molar-refractivity contribution is -0.137. The van der Waals surface area contributed by atoms with Crippen molar-refractivity contribution in [2.75, 3.05) is 31.1 Å². The first kappa shape index (κ1) is 22.5. The van der Waals surface area contributed by atoms with E-state index in [4.69, 9.17) is 9.97 Å². The van der Waals surface area contributed by atoms with Crippen molar-refractivity contribution in [2.24, 2.45) is 0 Å². The van der Waals surface area contributed by atoms with E-state index in [0.29, 0.717) is 25.1 Å². The average molecular weight is 497 g/mol. The maximum Gasteiger partial charge on any atom is 0.416 e. The Kier molecular flexibility index (Phi) is 5.41. The molecule has 1 aliphatic heterocycles. The van der Waals surface area contributed by atoms with Gasteiger partial charge in [-0.2, -0.15) is 17.5 Å². The van der Waals surface area contributed by atoms with Gasteiger partial charge in [0.2, 0.25) is 10.0 Å². The summed E-state index contributed by atoms with van der Waals surface area (Å²) >= 11 is 1.65. The number of piperazine rings is 1. The molecule has 0 radical (unpaired) electrons. The number of hydrogen-bond donors (Lipinski definition) is 0. The van der Waals surface area contributed by atoms with E-state index < -0.39 is 21.8 Å². The molecule has 3 aromatic rings. The summed E-state index contributed by atoms with van der Waals surface area (Å²) in [5, 5.41) is 1.01. The first-order chi connectivity index (χ1) is 15.6. The highest BCUT2D eigenvalue weighted by atomic mass is 32.2. The Morgan fingerprint density at radius 3 is 2.39 bits per heavy atom. The molecule has 1 aliphatic carbocycles. The van der Waals surface area contributed by atoms with Crippen LogP contribution in [-0.2, 0) is 16.2 Å². The molecule has 2 fully saturated rings. The molecule has 3 heterocycles. The normalized spacial score (nSPS) is 18.3. The Labute approximate surface area is 194 Å². The number of sulfonamides is 1. The van der Waals surface area contributed by atoms with Gasteiger partial charge in [-0.25, -0.2) is 18.4 Å². The second-order valence-corrected chi connectivity index (χ2v) is 11.7. The second kappa shape index (κ2) is 7.92. The SMILES string of the molecule is Cc1sc2nc(C3CC3)nc(N3CCN(S(=O)(=O)c4cccc(C(F)(F)F)c4)CC3)c2c1C. The maximum atomic E-state index is 13.1. The molecule has 176 valence electrons. The molecule has 5 rings (SSSR count). The summed E-state index contributed by atoms with van der Waals surface area (Å²) in [5.41, 5.74) is 0.160. The van der Waals surface area contributed by atoms with Crippen LogP contribution in [0.5, 0.6) is 0 Å². The zero-order valence-corrected chi connectivity index (χ0v) is 19.8. The number of aromatic nitrogens is 2. The molecule has 0 amide bonds. The second-order valence-electron chi connectivity index (χ2n) is 8.56. The quantitative estimate of drug-likeness (QED) is 0.523. The van der Waals surface area contributed by atoms with Gasteiger partial charge in [-0.05, 0) is 50.5 Å². The Morgan fingerprint density at radius 2 is 1.76 bits per heavy atom. The standard InChI is InChI=1S/C22H23F3N4O2S2/c1-13-14(2)32-21-18(13)20(26-19(27-21)15-6-7-15)28-8-10-29(11-9-28)33(30,31)17-5-3-4-16(12-17)22(23,24)25/h3-5,12,15H,6-11H2,1-2H3. The fourth-order valence-corrected chi connectivity index (χ4v) is 6.62. The molecule has 6 nitrogen and oxygen atoms in total. The van der Waals surface area contributed by atoms with Crippen LogP contribution in [0.4, 0.5) is 19.0 Å². The Bertz CT molecular complexity index is 1330. The summed E-state index contributed by atoms with van der Waals surface area (Å²) in [4.78, 5) is 13.5. The average Bonchev–Trinajstić information content (AvgIpc) is 3.59. The van der Waals surface area contributed by atoms with Crippen molar-refractivity contribution in [1.29, 1.82) is 0 Å². The van der Waals surface area contributed by atoms with E-state index in [9.17, 15) is 21.6 Å². The van der Waals surface area contributed by atoms with Crippen LogP contribution in [0, 0.1) is 13.8 Å². The molecular weight excluding hydrogens is 473 g/mol. The summed E-state index contributed by atoms with van der Waals surface area (Å²) in [6, 6.07) is 3.92. The lowest BCUT2D eigenvalue weighted by atomic mass is 10.2. The number of alkyl halides is 3. The third-order valence-electron chi connectivity index (χ3n) is 6.31. The number of hydrogen-bond acceptors (Lipinski definition) is 6. The predicted molar refractivity (Wildman–Crippen MR) is 121 cm³/mol. The number of thiophene rings is 1. The molecule has 1 saturated heterocycles. The number of nitrogens with zero attached hydrogens (tertiary/aromatic N) is 4. The van der Waals surface area contributed by atoms with E-state index >= 15 is 0 Å². The highest BCUT2D eigenvalue weighted by Crippen LogP contribution is 2.42. The van der Waals surface area contributed by atoms with Crippen molar-refractivity contribution >= 4 is 37.4 Å². The van der Waals surface area contributed by atoms with E-state index in [1.165, 1.54) is 15.2 Å². The lowest BCUT2D eigenvalue weighted by Crippen LogP contribution is -2.49. The Hall–Kier alpha value is -2.24. The van der Waals surface area contributed by atoms with Crippen LogP contribution in [0.2, 0.25) is 0 Å². The van der Waals surface area contributed by atoms with Gasteiger partial charge in [0.25, 0.3) is 0 Å². The predicted octanol–water partition coefficient (Wildman–Crippen LogP) is 4.72. The van der Waals surface area contributed by atoms with Crippen molar-refractivity contribution in [2.45, 2.75) is 43.7 Å². The summed E-state index contributed by atoms with van der Waals surface area (Å²) < 4.78 is 66.5. The van der Waals surface area contributed by atoms with Crippen LogP contribution in [0.15, 0.2) is 29.2 Å². The minimum absolute atomic E-state index is 0.172. The van der Waals surface area contributed by atoms with Crippen molar-refractivity contribution in [3.05, 3.63) is 46.1 Å². The first-order valence-electron chi connectivity index (χ1n) is 10.8. The third-order valence-corrected chi connectivity index (χ3v) is 9.30. The molecular formula is C22H23F3N4O2S2. The molecule has 0 unspecified atom stereocenters. The van der Waals surface area contributed by atoms with Crippen LogP contribution >= 0.6 is 11.3 Å². The molecule has 2 aromatic heterocycles. The molecule has 0 bridgehead atoms. The fraction of sp³-hybridized carbons (Fsp3) is 0.455. The van der Waals surface area contributed by atoms with E-state index in [1.54, 1.807) is 11.3 Å². The smallest absolute Gasteiger partial charge is 0.353 e. The zero-order chi connectivity index (χ0) is 23.5. The zero-order valence-electron chi connectivity index (χ0n) is 18.2. The molecule has 33 heavy (non-hydrogen) atoms. The van der Waals surface area contributed by atoms with Gasteiger partial charge in [-0.1, -0.05) is 6.07 Å². The number of benzene rings is 1. The minimum atomic E-state index is -4.60. The topological polar surface area (TPSA) is 66.4 Å². The molecule has 1 saturated carbocycles. The molecule has 0 spiro atoms. The summed E-state index contributed by atoms with van der Waals surface area (Å²) in [6.07, 6.45) is -2.44. The minimum Gasteiger partial charge on any atom is -0.353 e. The van der Waals surface area contributed by atoms with Crippen molar-refractivity contribution in [3.8, 4) is 0 Å². The van der Waals surface area contributed by atoms with E-state index in [0.717, 1.165) is 52.4 Å². The third kappa shape index (κ3) is 4.10. The first-order valence-corrected chi connectivity index (χ1v) is 13.0. The van der Waals surface area contributed by atoms with Crippen LogP contribution in [0.1, 0.15) is 40.6 Å². The van der Waals surface area contributed by atoms with Crippen molar-refractivity contribution in [1.82, 2.24) is 14.3 Å². The molecule has 0 atom stereocenters. The largest absolute Gasteiger partial charge is 0.416 e. The highest BCUT2D eigenvalue weighted by Gasteiger charge is 2.35. The number of fused-ring (bicyclic) bond motifs is 1. The van der Waals surface area contributed by atoms with Gasteiger partial charge in [0.1, 0.15) is 16.5 Å². The summed E-state index contributed by atoms with van der Waals surface area (Å²) in [7, 11) is -4.03. The number of anilines is 1. The van der Waals surface area contributed by atoms with Gasteiger partial charge in [0.05, 0.1) is 15.8 Å². The van der Waals surface area contributed by atoms with Crippen LogP contribution in [0.3, 0.4) is 0 Å². The summed E-state index contributed by atoms with van der Waals surface area (Å²) in [6.45, 7) is 5.26. The fourth-order valence-electron chi connectivity index (χ4n) is 4.12. The van der Waals surface area contributed by atoms with Gasteiger partial charge < -0.3 is 4.90 Å². The van der Waals surface area contributed by atoms with E-state index in [2.05, 4.69) is 11.8 Å². The molecule has 0 N–H and O–H groups in total. The van der Waals surface area contributed by atoms with E-state index in [-0.39, 0.29) is 18.0 Å². The monoisotopic (exact) mass is 496 g/mol. The Morgan fingerprint density at radius 1 is 1.06 bits per heavy atom. The van der Waals surface area contributed by atoms with Gasteiger partial charge in [0.15, 0.2) is 0 Å². The van der Waals surface area contributed by atoms with E-state index in [1.807, 2.05) is 6.92 Å². The molecule has 11 heteroatoms. The van der Waals surface area contributed by atoms with Crippen molar-refractivity contribution in [3.63, 3.8) is 0 Å². The number of rotatable bonds is 4. The van der Waals surface area contributed by atoms with Crippen LogP contribution in [-0.4, -0.2) is 48.9 Å². The number of aryl methyl sites for hydroxylation is 2. The highest BCUT2D eigenvalue weighted by molar-refractivity contribution is 7.89. The Balaban J connectivity index is 1.41. The lowest BCUT2D eigenvalue weighted by Gasteiger charge is -2.35. The summed E-state index contributed by atoms with van der Waals surface area (Å²) in [5.74, 6) is 2.07. The van der Waals surface area contributed by atoms with Gasteiger partial charge in [-0.15, -0.1) is 11.3 Å². The maximum absolute atomic E-state index is 13.1. The number of halogens is 3. The van der Waals surface area contributed by atoms with Crippen LogP contribution < -0.4 is 4.90 Å².